The molecule has 1 rings (SSSR count). The van der Waals surface area contributed by atoms with Crippen LogP contribution in [-0.4, -0.2) is 18.2 Å². The van der Waals surface area contributed by atoms with Gasteiger partial charge in [-0.3, -0.25) is 0 Å². The molecule has 0 saturated carbocycles. The van der Waals surface area contributed by atoms with Gasteiger partial charge in [-0.05, 0) is 25.0 Å². The summed E-state index contributed by atoms with van der Waals surface area (Å²) in [5.41, 5.74) is 7.71. The van der Waals surface area contributed by atoms with Gasteiger partial charge in [0.1, 0.15) is 5.56 Å². The number of carbonyl (C=O) groups is 1. The van der Waals surface area contributed by atoms with Crippen molar-refractivity contribution in [2.75, 3.05) is 12.8 Å². The fourth-order valence-corrected chi connectivity index (χ4v) is 1.45. The molecule has 0 fully saturated rings. The molecule has 1 aromatic rings. The van der Waals surface area contributed by atoms with E-state index in [1.807, 2.05) is 6.92 Å². The Kier molecular flexibility index (Phi) is 2.65. The van der Waals surface area contributed by atoms with Crippen molar-refractivity contribution in [3.05, 3.63) is 22.8 Å². The normalized spacial score (nSPS) is 9.93. The van der Waals surface area contributed by atoms with Crippen LogP contribution >= 0.6 is 0 Å². The first-order valence-electron chi connectivity index (χ1n) is 4.16. The maximum absolute atomic E-state index is 10.9. The van der Waals surface area contributed by atoms with Gasteiger partial charge in [0, 0.05) is 0 Å². The Labute approximate surface area is 82.3 Å². The molecule has 0 atom stereocenters. The topological polar surface area (TPSA) is 72.5 Å². The third-order valence-electron chi connectivity index (χ3n) is 2.14. The second kappa shape index (κ2) is 3.57. The summed E-state index contributed by atoms with van der Waals surface area (Å²) in [7, 11) is 1.41. The van der Waals surface area contributed by atoms with Gasteiger partial charge < -0.3 is 15.6 Å². The van der Waals surface area contributed by atoms with E-state index < -0.39 is 5.97 Å². The largest absolute Gasteiger partial charge is 0.494 e. The SMILES string of the molecule is COc1c(N)c(C)cc(C)c1C(=O)O. The Morgan fingerprint density at radius 1 is 1.43 bits per heavy atom. The molecular weight excluding hydrogens is 182 g/mol. The number of aromatic carboxylic acids is 1. The highest BCUT2D eigenvalue weighted by Crippen LogP contribution is 2.32. The van der Waals surface area contributed by atoms with Gasteiger partial charge in [-0.2, -0.15) is 0 Å². The van der Waals surface area contributed by atoms with E-state index in [9.17, 15) is 4.79 Å². The van der Waals surface area contributed by atoms with Crippen LogP contribution in [0.3, 0.4) is 0 Å². The Balaban J connectivity index is 3.55. The summed E-state index contributed by atoms with van der Waals surface area (Å²) in [5.74, 6) is -0.777. The molecule has 0 aliphatic carbocycles. The lowest BCUT2D eigenvalue weighted by Gasteiger charge is -2.12. The van der Waals surface area contributed by atoms with E-state index in [0.29, 0.717) is 11.3 Å². The first-order chi connectivity index (χ1) is 6.49. The zero-order valence-electron chi connectivity index (χ0n) is 8.42. The average Bonchev–Trinajstić information content (AvgIpc) is 2.09. The van der Waals surface area contributed by atoms with Crippen molar-refractivity contribution in [3.8, 4) is 5.75 Å². The van der Waals surface area contributed by atoms with E-state index in [-0.39, 0.29) is 11.3 Å². The molecular formula is C10H13NO3. The zero-order valence-corrected chi connectivity index (χ0v) is 8.42. The molecule has 0 spiro atoms. The lowest BCUT2D eigenvalue weighted by Crippen LogP contribution is -2.07. The van der Waals surface area contributed by atoms with Crippen molar-refractivity contribution in [2.45, 2.75) is 13.8 Å². The summed E-state index contributed by atoms with van der Waals surface area (Å²) >= 11 is 0. The number of anilines is 1. The van der Waals surface area contributed by atoms with Crippen LogP contribution in [0.5, 0.6) is 5.75 Å². The molecule has 0 aromatic heterocycles. The molecule has 4 nitrogen and oxygen atoms in total. The van der Waals surface area contributed by atoms with Crippen LogP contribution < -0.4 is 10.5 Å². The first kappa shape index (κ1) is 10.4. The number of hydrogen-bond acceptors (Lipinski definition) is 3. The number of methoxy groups -OCH3 is 1. The Hall–Kier alpha value is -1.71. The zero-order chi connectivity index (χ0) is 10.9. The molecule has 1 aromatic carbocycles. The Morgan fingerprint density at radius 3 is 2.43 bits per heavy atom. The van der Waals surface area contributed by atoms with Crippen LogP contribution in [-0.2, 0) is 0 Å². The third-order valence-corrected chi connectivity index (χ3v) is 2.14. The van der Waals surface area contributed by atoms with Crippen LogP contribution in [0.1, 0.15) is 21.5 Å². The minimum absolute atomic E-state index is 0.135. The minimum atomic E-state index is -1.02. The van der Waals surface area contributed by atoms with Crippen LogP contribution in [0, 0.1) is 13.8 Å². The number of aryl methyl sites for hydroxylation is 2. The van der Waals surface area contributed by atoms with E-state index in [4.69, 9.17) is 15.6 Å². The van der Waals surface area contributed by atoms with Gasteiger partial charge in [-0.15, -0.1) is 0 Å². The summed E-state index contributed by atoms with van der Waals surface area (Å²) in [6.45, 7) is 3.54. The van der Waals surface area contributed by atoms with E-state index in [1.54, 1.807) is 13.0 Å². The average molecular weight is 195 g/mol. The lowest BCUT2D eigenvalue weighted by molar-refractivity contribution is 0.0692. The molecule has 76 valence electrons. The first-order valence-corrected chi connectivity index (χ1v) is 4.16. The smallest absolute Gasteiger partial charge is 0.339 e. The van der Waals surface area contributed by atoms with E-state index in [0.717, 1.165) is 5.56 Å². The predicted molar refractivity (Wildman–Crippen MR) is 53.8 cm³/mol. The molecule has 0 amide bonds. The monoisotopic (exact) mass is 195 g/mol. The molecule has 0 radical (unpaired) electrons. The van der Waals surface area contributed by atoms with E-state index in [1.165, 1.54) is 7.11 Å². The highest BCUT2D eigenvalue weighted by molar-refractivity contribution is 5.95. The molecule has 0 unspecified atom stereocenters. The molecule has 0 heterocycles. The molecule has 3 N–H and O–H groups in total. The quantitative estimate of drug-likeness (QED) is 0.703. The van der Waals surface area contributed by atoms with Crippen LogP contribution in [0.25, 0.3) is 0 Å². The number of ether oxygens (including phenoxy) is 1. The fraction of sp³-hybridized carbons (Fsp3) is 0.300. The van der Waals surface area contributed by atoms with Crippen molar-refractivity contribution < 1.29 is 14.6 Å². The van der Waals surface area contributed by atoms with E-state index in [2.05, 4.69) is 0 Å². The molecule has 0 aliphatic rings. The standard InChI is InChI=1S/C10H13NO3/c1-5-4-6(2)8(11)9(14-3)7(5)10(12)13/h4H,11H2,1-3H3,(H,12,13). The van der Waals surface area contributed by atoms with Crippen LogP contribution in [0.15, 0.2) is 6.07 Å². The van der Waals surface area contributed by atoms with Gasteiger partial charge in [0.05, 0.1) is 12.8 Å². The summed E-state index contributed by atoms with van der Waals surface area (Å²) in [6.07, 6.45) is 0. The minimum Gasteiger partial charge on any atom is -0.494 e. The second-order valence-electron chi connectivity index (χ2n) is 3.14. The van der Waals surface area contributed by atoms with Crippen molar-refractivity contribution in [2.24, 2.45) is 0 Å². The lowest BCUT2D eigenvalue weighted by atomic mass is 10.0. The molecule has 0 aliphatic heterocycles. The van der Waals surface area contributed by atoms with Gasteiger partial charge in [0.15, 0.2) is 5.75 Å². The number of nitrogen functional groups attached to an aromatic ring is 1. The summed E-state index contributed by atoms with van der Waals surface area (Å²) < 4.78 is 4.99. The van der Waals surface area contributed by atoms with Gasteiger partial charge in [-0.25, -0.2) is 4.79 Å². The summed E-state index contributed by atoms with van der Waals surface area (Å²) in [4.78, 5) is 10.9. The number of hydrogen-bond donors (Lipinski definition) is 2. The Bertz CT molecular complexity index is 385. The highest BCUT2D eigenvalue weighted by Gasteiger charge is 2.18. The van der Waals surface area contributed by atoms with Crippen molar-refractivity contribution >= 4 is 11.7 Å². The van der Waals surface area contributed by atoms with Crippen molar-refractivity contribution in [3.63, 3.8) is 0 Å². The number of benzene rings is 1. The van der Waals surface area contributed by atoms with Gasteiger partial charge in [-0.1, -0.05) is 6.07 Å². The number of nitrogens with two attached hydrogens (primary N) is 1. The van der Waals surface area contributed by atoms with Crippen LogP contribution in [0.4, 0.5) is 5.69 Å². The number of carboxylic acid groups (broad SMARTS) is 1. The van der Waals surface area contributed by atoms with Gasteiger partial charge in [0.25, 0.3) is 0 Å². The molecule has 0 saturated heterocycles. The van der Waals surface area contributed by atoms with Crippen molar-refractivity contribution in [1.29, 1.82) is 0 Å². The van der Waals surface area contributed by atoms with Crippen molar-refractivity contribution in [1.82, 2.24) is 0 Å². The number of carboxylic acids is 1. The maximum Gasteiger partial charge on any atom is 0.339 e. The molecule has 14 heavy (non-hydrogen) atoms. The van der Waals surface area contributed by atoms with Crippen LogP contribution in [0.2, 0.25) is 0 Å². The fourth-order valence-electron chi connectivity index (χ4n) is 1.45. The van der Waals surface area contributed by atoms with E-state index >= 15 is 0 Å². The second-order valence-corrected chi connectivity index (χ2v) is 3.14. The van der Waals surface area contributed by atoms with Gasteiger partial charge >= 0.3 is 5.97 Å². The summed E-state index contributed by atoms with van der Waals surface area (Å²) in [5, 5.41) is 8.96. The Morgan fingerprint density at radius 2 is 2.00 bits per heavy atom. The molecule has 4 heteroatoms. The predicted octanol–water partition coefficient (Wildman–Crippen LogP) is 1.59. The van der Waals surface area contributed by atoms with Gasteiger partial charge in [0.2, 0.25) is 0 Å². The third kappa shape index (κ3) is 1.51. The highest BCUT2D eigenvalue weighted by atomic mass is 16.5. The maximum atomic E-state index is 10.9. The number of rotatable bonds is 2. The summed E-state index contributed by atoms with van der Waals surface area (Å²) in [6, 6.07) is 1.74. The molecule has 0 bridgehead atoms.